The number of carbonyl (C=O) groups excluding carboxylic acids is 7. The summed E-state index contributed by atoms with van der Waals surface area (Å²) in [6.07, 6.45) is 3.38. The molecule has 0 spiro atoms. The molecular formula is C33H59N7O8. The lowest BCUT2D eigenvalue weighted by Crippen LogP contribution is -2.60. The van der Waals surface area contributed by atoms with E-state index in [9.17, 15) is 38.7 Å². The molecule has 0 bridgehead atoms. The van der Waals surface area contributed by atoms with Crippen molar-refractivity contribution in [1.82, 2.24) is 30.2 Å². The molecule has 0 rings (SSSR count). The van der Waals surface area contributed by atoms with Crippen molar-refractivity contribution in [2.24, 2.45) is 23.5 Å². The van der Waals surface area contributed by atoms with E-state index in [1.54, 1.807) is 13.8 Å². The Bertz CT molecular complexity index is 1170. The summed E-state index contributed by atoms with van der Waals surface area (Å²) in [6.45, 7) is 14.1. The Kier molecular flexibility index (Phi) is 18.7. The van der Waals surface area contributed by atoms with Crippen LogP contribution < -0.4 is 16.4 Å². The molecule has 9 amide bonds. The van der Waals surface area contributed by atoms with Gasteiger partial charge in [0.2, 0.25) is 23.6 Å². The molecule has 0 aliphatic heterocycles. The number of rotatable bonds is 17. The summed E-state index contributed by atoms with van der Waals surface area (Å²) in [5.41, 5.74) is 5.11. The Balaban J connectivity index is 6.13. The number of carbonyl (C=O) groups is 7. The Hall–Kier alpha value is -4.01. The summed E-state index contributed by atoms with van der Waals surface area (Å²) in [5.74, 6) is -3.54. The summed E-state index contributed by atoms with van der Waals surface area (Å²) >= 11 is 0. The minimum absolute atomic E-state index is 0.0141. The van der Waals surface area contributed by atoms with Gasteiger partial charge in [0.05, 0.1) is 6.10 Å². The molecule has 0 saturated heterocycles. The Labute approximate surface area is 285 Å². The fourth-order valence-corrected chi connectivity index (χ4v) is 4.92. The van der Waals surface area contributed by atoms with E-state index in [1.807, 2.05) is 46.8 Å². The third kappa shape index (κ3) is 12.9. The van der Waals surface area contributed by atoms with Gasteiger partial charge in [-0.1, -0.05) is 53.7 Å². The molecule has 6 atom stereocenters. The first-order chi connectivity index (χ1) is 22.1. The molecule has 274 valence electrons. The number of hydrogen-bond donors (Lipinski definition) is 4. The Morgan fingerprint density at radius 2 is 1.38 bits per heavy atom. The van der Waals surface area contributed by atoms with E-state index < -0.39 is 66.0 Å². The van der Waals surface area contributed by atoms with Gasteiger partial charge >= 0.3 is 12.1 Å². The number of allylic oxidation sites excluding steroid dienone is 2. The number of imide groups is 2. The molecule has 0 aromatic carbocycles. The summed E-state index contributed by atoms with van der Waals surface area (Å²) in [4.78, 5) is 94.7. The second-order valence-corrected chi connectivity index (χ2v) is 13.2. The smallest absolute Gasteiger partial charge is 0.331 e. The number of aliphatic hydroxyl groups excluding tert-OH is 1. The minimum atomic E-state index is -1.28. The molecule has 0 aliphatic rings. The normalized spacial score (nSPS) is 15.1. The van der Waals surface area contributed by atoms with Crippen LogP contribution in [0.25, 0.3) is 0 Å². The number of primary amides is 1. The predicted molar refractivity (Wildman–Crippen MR) is 182 cm³/mol. The van der Waals surface area contributed by atoms with E-state index in [2.05, 4.69) is 10.6 Å². The Morgan fingerprint density at radius 1 is 0.812 bits per heavy atom. The average molecular weight is 682 g/mol. The van der Waals surface area contributed by atoms with Gasteiger partial charge in [0.15, 0.2) is 0 Å². The lowest BCUT2D eigenvalue weighted by molar-refractivity contribution is -0.150. The van der Waals surface area contributed by atoms with Crippen molar-refractivity contribution in [3.05, 3.63) is 12.2 Å². The van der Waals surface area contributed by atoms with Gasteiger partial charge < -0.3 is 30.9 Å². The maximum atomic E-state index is 13.7. The molecular weight excluding hydrogens is 622 g/mol. The molecule has 5 N–H and O–H groups in total. The van der Waals surface area contributed by atoms with Gasteiger partial charge in [-0.15, -0.1) is 0 Å². The maximum Gasteiger partial charge on any atom is 0.331 e. The molecule has 15 heteroatoms. The number of nitrogens with two attached hydrogens (primary N) is 1. The van der Waals surface area contributed by atoms with Crippen molar-refractivity contribution < 1.29 is 38.7 Å². The van der Waals surface area contributed by atoms with Crippen molar-refractivity contribution in [2.45, 2.75) is 111 Å². The van der Waals surface area contributed by atoms with E-state index >= 15 is 0 Å². The van der Waals surface area contributed by atoms with Crippen LogP contribution in [-0.4, -0.2) is 125 Å². The van der Waals surface area contributed by atoms with Gasteiger partial charge in [0.1, 0.15) is 24.2 Å². The van der Waals surface area contributed by atoms with Crippen LogP contribution in [0, 0.1) is 17.8 Å². The topological polar surface area (TPSA) is 203 Å². The number of nitrogens with one attached hydrogen (secondary N) is 2. The second kappa shape index (κ2) is 20.4. The van der Waals surface area contributed by atoms with E-state index in [0.29, 0.717) is 11.3 Å². The van der Waals surface area contributed by atoms with Crippen molar-refractivity contribution in [1.29, 1.82) is 0 Å². The summed E-state index contributed by atoms with van der Waals surface area (Å²) < 4.78 is 0. The van der Waals surface area contributed by atoms with Crippen molar-refractivity contribution in [3.63, 3.8) is 0 Å². The molecule has 0 saturated carbocycles. The van der Waals surface area contributed by atoms with Crippen LogP contribution in [0.2, 0.25) is 0 Å². The highest BCUT2D eigenvalue weighted by Gasteiger charge is 2.39. The average Bonchev–Trinajstić information content (AvgIpc) is 3.01. The molecule has 48 heavy (non-hydrogen) atoms. The monoisotopic (exact) mass is 681 g/mol. The van der Waals surface area contributed by atoms with Gasteiger partial charge in [0, 0.05) is 34.6 Å². The van der Waals surface area contributed by atoms with Crippen LogP contribution in [-0.2, 0) is 24.0 Å². The maximum absolute atomic E-state index is 13.7. The van der Waals surface area contributed by atoms with Crippen molar-refractivity contribution >= 4 is 41.6 Å². The van der Waals surface area contributed by atoms with E-state index in [1.165, 1.54) is 33.0 Å². The first-order valence-corrected chi connectivity index (χ1v) is 16.4. The zero-order chi connectivity index (χ0) is 37.6. The van der Waals surface area contributed by atoms with Gasteiger partial charge in [-0.25, -0.2) is 14.5 Å². The van der Waals surface area contributed by atoms with Crippen LogP contribution in [0.5, 0.6) is 0 Å². The summed E-state index contributed by atoms with van der Waals surface area (Å²) in [5, 5.41) is 16.0. The zero-order valence-electron chi connectivity index (χ0n) is 30.8. The van der Waals surface area contributed by atoms with E-state index in [-0.39, 0.29) is 42.9 Å². The fourth-order valence-electron chi connectivity index (χ4n) is 4.92. The standard InChI is InChI=1S/C33H59N7O8/c1-13-15-16-21(7)27(42)26(39(11)25(41)18-20(5)6)29(44)35-23(14-2)31(46)37(9)22(8)30(45)38(10)24(17-19(3)4)28(43)36-33(48)40(12)32(34)47/h13,15,19-24,26-27,42H,14,16-18H2,1-12H3,(H2,34,47)(H,35,44)(H,36,43,48)/b15-13+/t21-,22-,23+,24+,26+,27-/m1/s1. The highest BCUT2D eigenvalue weighted by atomic mass is 16.3. The fraction of sp³-hybridized carbons (Fsp3) is 0.727. The lowest BCUT2D eigenvalue weighted by atomic mass is 9.92. The number of amides is 9. The highest BCUT2D eigenvalue weighted by molar-refractivity contribution is 6.03. The number of likely N-dealkylation sites (N-methyl/N-ethyl adjacent to an activating group) is 3. The van der Waals surface area contributed by atoms with E-state index in [0.717, 1.165) is 16.8 Å². The minimum Gasteiger partial charge on any atom is -0.390 e. The first-order valence-electron chi connectivity index (χ1n) is 16.4. The van der Waals surface area contributed by atoms with E-state index in [4.69, 9.17) is 5.73 Å². The molecule has 0 heterocycles. The molecule has 15 nitrogen and oxygen atoms in total. The number of nitrogens with zero attached hydrogens (tertiary/aromatic N) is 4. The second-order valence-electron chi connectivity index (χ2n) is 13.2. The Morgan fingerprint density at radius 3 is 1.83 bits per heavy atom. The number of urea groups is 2. The van der Waals surface area contributed by atoms with Crippen molar-refractivity contribution in [2.75, 3.05) is 28.2 Å². The predicted octanol–water partition coefficient (Wildman–Crippen LogP) is 1.68. The summed E-state index contributed by atoms with van der Waals surface area (Å²) in [7, 11) is 5.31. The first kappa shape index (κ1) is 44.0. The highest BCUT2D eigenvalue weighted by Crippen LogP contribution is 2.20. The molecule has 0 fully saturated rings. The third-order valence-corrected chi connectivity index (χ3v) is 8.30. The van der Waals surface area contributed by atoms with Crippen LogP contribution >= 0.6 is 0 Å². The zero-order valence-corrected chi connectivity index (χ0v) is 30.8. The van der Waals surface area contributed by atoms with Crippen LogP contribution in [0.4, 0.5) is 9.59 Å². The number of hydrogen-bond acceptors (Lipinski definition) is 8. The largest absolute Gasteiger partial charge is 0.390 e. The van der Waals surface area contributed by atoms with Gasteiger partial charge in [0.25, 0.3) is 5.91 Å². The van der Waals surface area contributed by atoms with Gasteiger partial charge in [-0.3, -0.25) is 29.3 Å². The van der Waals surface area contributed by atoms with Gasteiger partial charge in [-0.05, 0) is 50.9 Å². The molecule has 0 aliphatic carbocycles. The number of aliphatic hydroxyl groups is 1. The van der Waals surface area contributed by atoms with Crippen LogP contribution in [0.1, 0.15) is 81.1 Å². The van der Waals surface area contributed by atoms with Crippen LogP contribution in [0.3, 0.4) is 0 Å². The van der Waals surface area contributed by atoms with Gasteiger partial charge in [-0.2, -0.15) is 0 Å². The summed E-state index contributed by atoms with van der Waals surface area (Å²) in [6, 6.07) is -6.73. The van der Waals surface area contributed by atoms with Crippen molar-refractivity contribution in [3.8, 4) is 0 Å². The molecule has 0 radical (unpaired) electrons. The molecule has 0 aromatic heterocycles. The molecule has 0 aromatic rings. The van der Waals surface area contributed by atoms with Crippen LogP contribution in [0.15, 0.2) is 12.2 Å². The SMILES string of the molecule is C/C=C/C[C@@H](C)[C@@H](O)[C@@H](C(=O)N[C@@H](CC)C(=O)N(C)[C@H](C)C(=O)N(C)[C@@H](CC(C)C)C(=O)NC(=O)N(C)C(N)=O)N(C)C(=O)CC(C)C. The molecule has 0 unspecified atom stereocenters. The lowest BCUT2D eigenvalue weighted by Gasteiger charge is -2.36. The quantitative estimate of drug-likeness (QED) is 0.166. The third-order valence-electron chi connectivity index (χ3n) is 8.30.